The summed E-state index contributed by atoms with van der Waals surface area (Å²) in [6.07, 6.45) is 0.950. The number of nitrogens with one attached hydrogen (secondary N) is 2. The maximum absolute atomic E-state index is 11.9. The second kappa shape index (κ2) is 6.86. The SMILES string of the molecule is CC(NC(=O)NC(C)C1CCOC1)c1nc(C(=O)O)cs1. The van der Waals surface area contributed by atoms with Crippen LogP contribution >= 0.6 is 11.3 Å². The smallest absolute Gasteiger partial charge is 0.355 e. The van der Waals surface area contributed by atoms with Gasteiger partial charge < -0.3 is 20.5 Å². The van der Waals surface area contributed by atoms with Crippen molar-refractivity contribution in [3.8, 4) is 0 Å². The Morgan fingerprint density at radius 1 is 1.48 bits per heavy atom. The van der Waals surface area contributed by atoms with Crippen LogP contribution in [0.2, 0.25) is 0 Å². The number of urea groups is 1. The van der Waals surface area contributed by atoms with Crippen LogP contribution in [0.15, 0.2) is 5.38 Å². The van der Waals surface area contributed by atoms with Gasteiger partial charge >= 0.3 is 12.0 Å². The first-order chi connectivity index (χ1) is 9.97. The highest BCUT2D eigenvalue weighted by atomic mass is 32.1. The van der Waals surface area contributed by atoms with Crippen molar-refractivity contribution in [2.24, 2.45) is 5.92 Å². The zero-order valence-electron chi connectivity index (χ0n) is 12.0. The topological polar surface area (TPSA) is 101 Å². The van der Waals surface area contributed by atoms with Gasteiger partial charge in [-0.3, -0.25) is 0 Å². The molecule has 0 radical (unpaired) electrons. The first kappa shape index (κ1) is 15.7. The van der Waals surface area contributed by atoms with Crippen LogP contribution in [0.25, 0.3) is 0 Å². The van der Waals surface area contributed by atoms with E-state index in [1.165, 1.54) is 16.7 Å². The summed E-state index contributed by atoms with van der Waals surface area (Å²) in [4.78, 5) is 26.7. The van der Waals surface area contributed by atoms with Gasteiger partial charge in [-0.2, -0.15) is 0 Å². The minimum atomic E-state index is -1.07. The summed E-state index contributed by atoms with van der Waals surface area (Å²) >= 11 is 1.22. The van der Waals surface area contributed by atoms with E-state index in [-0.39, 0.29) is 23.8 Å². The number of aromatic carboxylic acids is 1. The molecule has 3 N–H and O–H groups in total. The number of thiazole rings is 1. The third-order valence-electron chi connectivity index (χ3n) is 3.49. The van der Waals surface area contributed by atoms with Gasteiger partial charge in [0.15, 0.2) is 5.69 Å². The molecule has 3 unspecified atom stereocenters. The van der Waals surface area contributed by atoms with Crippen molar-refractivity contribution in [2.75, 3.05) is 13.2 Å². The minimum absolute atomic E-state index is 0.000491. The molecular weight excluding hydrogens is 294 g/mol. The zero-order chi connectivity index (χ0) is 15.4. The van der Waals surface area contributed by atoms with Crippen molar-refractivity contribution >= 4 is 23.3 Å². The van der Waals surface area contributed by atoms with Gasteiger partial charge in [0.1, 0.15) is 5.01 Å². The maximum Gasteiger partial charge on any atom is 0.355 e. The molecule has 2 heterocycles. The number of amides is 2. The molecule has 0 aromatic carbocycles. The van der Waals surface area contributed by atoms with Gasteiger partial charge in [-0.15, -0.1) is 11.3 Å². The third-order valence-corrected chi connectivity index (χ3v) is 4.52. The molecule has 21 heavy (non-hydrogen) atoms. The van der Waals surface area contributed by atoms with Crippen molar-refractivity contribution in [3.05, 3.63) is 16.1 Å². The summed E-state index contributed by atoms with van der Waals surface area (Å²) in [5.41, 5.74) is 0.000491. The van der Waals surface area contributed by atoms with Crippen LogP contribution in [0.5, 0.6) is 0 Å². The first-order valence-corrected chi connectivity index (χ1v) is 7.69. The Morgan fingerprint density at radius 2 is 2.24 bits per heavy atom. The Kier molecular flexibility index (Phi) is 5.13. The fourth-order valence-electron chi connectivity index (χ4n) is 2.16. The summed E-state index contributed by atoms with van der Waals surface area (Å²) in [5.74, 6) is -0.728. The van der Waals surface area contributed by atoms with Crippen molar-refractivity contribution in [1.29, 1.82) is 0 Å². The molecular formula is C13H19N3O4S. The number of hydrogen-bond donors (Lipinski definition) is 3. The van der Waals surface area contributed by atoms with E-state index in [4.69, 9.17) is 9.84 Å². The number of nitrogens with zero attached hydrogens (tertiary/aromatic N) is 1. The summed E-state index contributed by atoms with van der Waals surface area (Å²) < 4.78 is 5.30. The van der Waals surface area contributed by atoms with Gasteiger partial charge in [-0.25, -0.2) is 14.6 Å². The van der Waals surface area contributed by atoms with Gasteiger partial charge in [0.05, 0.1) is 12.6 Å². The molecule has 0 spiro atoms. The van der Waals surface area contributed by atoms with Crippen molar-refractivity contribution < 1.29 is 19.4 Å². The van der Waals surface area contributed by atoms with E-state index in [0.29, 0.717) is 17.5 Å². The number of carbonyl (C=O) groups is 2. The van der Waals surface area contributed by atoms with E-state index in [2.05, 4.69) is 15.6 Å². The Bertz CT molecular complexity index is 513. The summed E-state index contributed by atoms with van der Waals surface area (Å²) in [5, 5.41) is 16.5. The molecule has 8 heteroatoms. The lowest BCUT2D eigenvalue weighted by Gasteiger charge is -2.20. The number of ether oxygens (including phenoxy) is 1. The van der Waals surface area contributed by atoms with Crippen molar-refractivity contribution in [1.82, 2.24) is 15.6 Å². The Labute approximate surface area is 126 Å². The molecule has 1 aliphatic heterocycles. The lowest BCUT2D eigenvalue weighted by Crippen LogP contribution is -2.44. The van der Waals surface area contributed by atoms with Gasteiger partial charge in [-0.1, -0.05) is 0 Å². The van der Waals surface area contributed by atoms with Crippen LogP contribution in [0.1, 0.15) is 41.8 Å². The van der Waals surface area contributed by atoms with Crippen LogP contribution in [-0.2, 0) is 4.74 Å². The molecule has 1 aromatic rings. The normalized spacial score (nSPS) is 20.8. The second-order valence-corrected chi connectivity index (χ2v) is 6.02. The monoisotopic (exact) mass is 313 g/mol. The molecule has 0 saturated carbocycles. The zero-order valence-corrected chi connectivity index (χ0v) is 12.8. The van der Waals surface area contributed by atoms with E-state index in [9.17, 15) is 9.59 Å². The second-order valence-electron chi connectivity index (χ2n) is 5.13. The van der Waals surface area contributed by atoms with Gasteiger partial charge in [0.25, 0.3) is 0 Å². The lowest BCUT2D eigenvalue weighted by atomic mass is 10.0. The van der Waals surface area contributed by atoms with Gasteiger partial charge in [-0.05, 0) is 20.3 Å². The third kappa shape index (κ3) is 4.15. The first-order valence-electron chi connectivity index (χ1n) is 6.81. The predicted molar refractivity (Wildman–Crippen MR) is 77.5 cm³/mol. The van der Waals surface area contributed by atoms with Crippen molar-refractivity contribution in [3.63, 3.8) is 0 Å². The average molecular weight is 313 g/mol. The van der Waals surface area contributed by atoms with Crippen LogP contribution in [0.4, 0.5) is 4.79 Å². The largest absolute Gasteiger partial charge is 0.476 e. The molecule has 7 nitrogen and oxygen atoms in total. The molecule has 1 fully saturated rings. The molecule has 1 aromatic heterocycles. The fraction of sp³-hybridized carbons (Fsp3) is 0.615. The Morgan fingerprint density at radius 3 is 2.81 bits per heavy atom. The highest BCUT2D eigenvalue weighted by Crippen LogP contribution is 2.19. The summed E-state index contributed by atoms with van der Waals surface area (Å²) in [6.45, 7) is 5.14. The van der Waals surface area contributed by atoms with Crippen molar-refractivity contribution in [2.45, 2.75) is 32.4 Å². The standard InChI is InChI=1S/C13H19N3O4S/c1-7(9-3-4-20-5-9)14-13(19)15-8(2)11-16-10(6-21-11)12(17)18/h6-9H,3-5H2,1-2H3,(H,17,18)(H2,14,15,19). The predicted octanol–water partition coefficient (Wildman–Crippen LogP) is 1.63. The fourth-order valence-corrected chi connectivity index (χ4v) is 2.96. The summed E-state index contributed by atoms with van der Waals surface area (Å²) in [7, 11) is 0. The highest BCUT2D eigenvalue weighted by molar-refractivity contribution is 7.09. The number of carboxylic acids is 1. The van der Waals surface area contributed by atoms with E-state index in [1.54, 1.807) is 6.92 Å². The van der Waals surface area contributed by atoms with Crippen LogP contribution in [-0.4, -0.2) is 41.3 Å². The number of aromatic nitrogens is 1. The van der Waals surface area contributed by atoms with E-state index in [0.717, 1.165) is 13.0 Å². The Balaban J connectivity index is 1.84. The summed E-state index contributed by atoms with van der Waals surface area (Å²) in [6, 6.07) is -0.588. The van der Waals surface area contributed by atoms with Gasteiger partial charge in [0.2, 0.25) is 0 Å². The molecule has 2 amide bonds. The quantitative estimate of drug-likeness (QED) is 0.767. The number of carboxylic acid groups (broad SMARTS) is 1. The molecule has 3 atom stereocenters. The van der Waals surface area contributed by atoms with E-state index in [1.807, 2.05) is 6.92 Å². The highest BCUT2D eigenvalue weighted by Gasteiger charge is 2.24. The van der Waals surface area contributed by atoms with E-state index < -0.39 is 5.97 Å². The number of rotatable bonds is 5. The maximum atomic E-state index is 11.9. The van der Waals surface area contributed by atoms with Crippen LogP contribution in [0, 0.1) is 5.92 Å². The molecule has 0 bridgehead atoms. The molecule has 2 rings (SSSR count). The molecule has 0 aliphatic carbocycles. The Hall–Kier alpha value is -1.67. The minimum Gasteiger partial charge on any atom is -0.476 e. The number of hydrogen-bond acceptors (Lipinski definition) is 5. The lowest BCUT2D eigenvalue weighted by molar-refractivity contribution is 0.0691. The van der Waals surface area contributed by atoms with Crippen LogP contribution in [0.3, 0.4) is 0 Å². The molecule has 116 valence electrons. The number of carbonyl (C=O) groups excluding carboxylic acids is 1. The van der Waals surface area contributed by atoms with Crippen LogP contribution < -0.4 is 10.6 Å². The van der Waals surface area contributed by atoms with Gasteiger partial charge in [0, 0.05) is 23.9 Å². The average Bonchev–Trinajstić information content (AvgIpc) is 3.10. The molecule has 1 aliphatic rings. The molecule has 1 saturated heterocycles. The van der Waals surface area contributed by atoms with E-state index >= 15 is 0 Å².